The molecule has 0 aliphatic heterocycles. The van der Waals surface area contributed by atoms with Gasteiger partial charge in [0.2, 0.25) is 0 Å². The minimum Gasteiger partial charge on any atom is -0.465 e. The molecule has 0 heterocycles. The number of hydrogen-bond donors (Lipinski definition) is 0. The summed E-state index contributed by atoms with van der Waals surface area (Å²) in [5.41, 5.74) is 0.627. The molecule has 0 aliphatic rings. The Morgan fingerprint density at radius 2 is 1.72 bits per heavy atom. The normalized spacial score (nSPS) is 13.2. The zero-order chi connectivity index (χ0) is 14.0. The van der Waals surface area contributed by atoms with Gasteiger partial charge < -0.3 is 9.47 Å². The Hall–Kier alpha value is -0.660. The van der Waals surface area contributed by atoms with E-state index in [0.717, 1.165) is 6.42 Å². The van der Waals surface area contributed by atoms with Gasteiger partial charge in [0.05, 0.1) is 0 Å². The molecule has 2 nitrogen and oxygen atoms in total. The second-order valence-electron chi connectivity index (χ2n) is 3.38. The molecule has 1 aromatic carbocycles. The van der Waals surface area contributed by atoms with Gasteiger partial charge in [-0.25, -0.2) is 4.39 Å². The van der Waals surface area contributed by atoms with Gasteiger partial charge in [-0.1, -0.05) is 42.1 Å². The molecule has 0 spiro atoms. The third kappa shape index (κ3) is 6.32. The number of ether oxygens (including phenoxy) is 2. The molecule has 1 rings (SSSR count). The lowest BCUT2D eigenvalue weighted by molar-refractivity contribution is -0.0766. The van der Waals surface area contributed by atoms with Gasteiger partial charge in [-0.15, -0.1) is 0 Å². The van der Waals surface area contributed by atoms with E-state index in [0.29, 0.717) is 17.9 Å². The Balaban J connectivity index is 0.00000137. The summed E-state index contributed by atoms with van der Waals surface area (Å²) in [6, 6.07) is 6.94. The maximum Gasteiger partial charge on any atom is 0.199 e. The molecule has 0 bridgehead atoms. The van der Waals surface area contributed by atoms with E-state index in [1.807, 2.05) is 27.7 Å². The van der Waals surface area contributed by atoms with Crippen LogP contribution in [0.3, 0.4) is 0 Å². The zero-order valence-electron chi connectivity index (χ0n) is 11.7. The second-order valence-corrected chi connectivity index (χ2v) is 3.97. The SMILES string of the molecule is CC.CCOC(CC)Oc1ccc(C(F)P)cc1. The van der Waals surface area contributed by atoms with Gasteiger partial charge >= 0.3 is 0 Å². The summed E-state index contributed by atoms with van der Waals surface area (Å²) >= 11 is 0. The highest BCUT2D eigenvalue weighted by atomic mass is 31.0. The molecule has 104 valence electrons. The van der Waals surface area contributed by atoms with Crippen LogP contribution < -0.4 is 4.74 Å². The molecule has 3 atom stereocenters. The first-order valence-electron chi connectivity index (χ1n) is 6.45. The lowest BCUT2D eigenvalue weighted by atomic mass is 10.2. The molecule has 0 aliphatic carbocycles. The molecule has 1 aromatic rings. The van der Waals surface area contributed by atoms with E-state index >= 15 is 0 Å². The van der Waals surface area contributed by atoms with Crippen LogP contribution in [-0.4, -0.2) is 12.9 Å². The summed E-state index contributed by atoms with van der Waals surface area (Å²) < 4.78 is 23.9. The molecule has 0 saturated heterocycles. The van der Waals surface area contributed by atoms with Crippen LogP contribution in [0.25, 0.3) is 0 Å². The van der Waals surface area contributed by atoms with Crippen molar-refractivity contribution in [3.63, 3.8) is 0 Å². The number of benzene rings is 1. The van der Waals surface area contributed by atoms with Crippen LogP contribution in [0.1, 0.15) is 45.6 Å². The maximum atomic E-state index is 12.9. The van der Waals surface area contributed by atoms with Crippen molar-refractivity contribution in [1.82, 2.24) is 0 Å². The molecule has 0 saturated carbocycles. The molecule has 0 radical (unpaired) electrons. The van der Waals surface area contributed by atoms with Gasteiger partial charge in [-0.05, 0) is 24.6 Å². The summed E-state index contributed by atoms with van der Waals surface area (Å²) in [7, 11) is 2.12. The third-order valence-electron chi connectivity index (χ3n) is 2.15. The predicted octanol–water partition coefficient (Wildman–Crippen LogP) is 4.71. The fourth-order valence-electron chi connectivity index (χ4n) is 1.30. The van der Waals surface area contributed by atoms with Crippen LogP contribution in [0.15, 0.2) is 24.3 Å². The first kappa shape index (κ1) is 17.3. The van der Waals surface area contributed by atoms with Crippen molar-refractivity contribution in [3.05, 3.63) is 29.8 Å². The summed E-state index contributed by atoms with van der Waals surface area (Å²) in [4.78, 5) is 0. The molecule has 0 fully saturated rings. The van der Waals surface area contributed by atoms with Crippen molar-refractivity contribution in [1.29, 1.82) is 0 Å². The topological polar surface area (TPSA) is 18.5 Å². The van der Waals surface area contributed by atoms with Crippen molar-refractivity contribution < 1.29 is 13.9 Å². The number of hydrogen-bond acceptors (Lipinski definition) is 2. The van der Waals surface area contributed by atoms with E-state index in [9.17, 15) is 4.39 Å². The van der Waals surface area contributed by atoms with E-state index in [-0.39, 0.29) is 6.29 Å². The highest BCUT2D eigenvalue weighted by Gasteiger charge is 2.08. The van der Waals surface area contributed by atoms with Gasteiger partial charge in [0, 0.05) is 13.0 Å². The van der Waals surface area contributed by atoms with E-state index < -0.39 is 5.91 Å². The van der Waals surface area contributed by atoms with Crippen molar-refractivity contribution in [2.24, 2.45) is 0 Å². The van der Waals surface area contributed by atoms with E-state index in [1.165, 1.54) is 0 Å². The number of halogens is 1. The first-order valence-corrected chi connectivity index (χ1v) is 7.11. The Bertz CT molecular complexity index is 301. The van der Waals surface area contributed by atoms with Gasteiger partial charge in [0.15, 0.2) is 6.29 Å². The highest BCUT2D eigenvalue weighted by Crippen LogP contribution is 2.26. The lowest BCUT2D eigenvalue weighted by Gasteiger charge is -2.17. The van der Waals surface area contributed by atoms with Gasteiger partial charge in [0.25, 0.3) is 0 Å². The van der Waals surface area contributed by atoms with Crippen molar-refractivity contribution in [2.45, 2.75) is 46.3 Å². The van der Waals surface area contributed by atoms with Crippen LogP contribution in [0.2, 0.25) is 0 Å². The average Bonchev–Trinajstić information content (AvgIpc) is 2.41. The first-order chi connectivity index (χ1) is 8.67. The summed E-state index contributed by atoms with van der Waals surface area (Å²) in [6.45, 7) is 8.54. The van der Waals surface area contributed by atoms with Crippen LogP contribution >= 0.6 is 9.24 Å². The molecule has 18 heavy (non-hydrogen) atoms. The molecular weight excluding hydrogens is 250 g/mol. The molecule has 0 aromatic heterocycles. The monoisotopic (exact) mass is 274 g/mol. The quantitative estimate of drug-likeness (QED) is 0.552. The number of alkyl halides is 1. The van der Waals surface area contributed by atoms with Crippen molar-refractivity contribution >= 4 is 9.24 Å². The van der Waals surface area contributed by atoms with E-state index in [4.69, 9.17) is 9.47 Å². The van der Waals surface area contributed by atoms with Crippen molar-refractivity contribution in [2.75, 3.05) is 6.61 Å². The Morgan fingerprint density at radius 1 is 1.17 bits per heavy atom. The van der Waals surface area contributed by atoms with Gasteiger partial charge in [-0.3, -0.25) is 0 Å². The fraction of sp³-hybridized carbons (Fsp3) is 0.571. The molecule has 3 unspecified atom stereocenters. The van der Waals surface area contributed by atoms with Crippen LogP contribution in [-0.2, 0) is 4.74 Å². The standard InChI is InChI=1S/C12H18FO2P.C2H6/c1-3-11(14-4-2)15-10-7-5-9(6-8-10)12(13)16;1-2/h5-8,11-12H,3-4,16H2,1-2H3;1-2H3. The second kappa shape index (κ2) is 10.3. The van der Waals surface area contributed by atoms with Crippen LogP contribution in [0.4, 0.5) is 4.39 Å². The Kier molecular flexibility index (Phi) is 9.90. The third-order valence-corrected chi connectivity index (χ3v) is 2.54. The summed E-state index contributed by atoms with van der Waals surface area (Å²) in [5, 5.41) is 0. The zero-order valence-corrected chi connectivity index (χ0v) is 12.8. The largest absolute Gasteiger partial charge is 0.465 e. The molecular formula is C14H24FO2P. The molecule has 0 N–H and O–H groups in total. The highest BCUT2D eigenvalue weighted by molar-refractivity contribution is 7.16. The Morgan fingerprint density at radius 3 is 2.11 bits per heavy atom. The maximum absolute atomic E-state index is 12.9. The fourth-order valence-corrected chi connectivity index (χ4v) is 1.53. The predicted molar refractivity (Wildman–Crippen MR) is 77.7 cm³/mol. The van der Waals surface area contributed by atoms with Gasteiger partial charge in [0.1, 0.15) is 11.7 Å². The van der Waals surface area contributed by atoms with Gasteiger partial charge in [-0.2, -0.15) is 0 Å². The average molecular weight is 274 g/mol. The minimum absolute atomic E-state index is 0.229. The lowest BCUT2D eigenvalue weighted by Crippen LogP contribution is -2.19. The van der Waals surface area contributed by atoms with Crippen LogP contribution in [0, 0.1) is 0 Å². The van der Waals surface area contributed by atoms with E-state index in [2.05, 4.69) is 9.24 Å². The van der Waals surface area contributed by atoms with E-state index in [1.54, 1.807) is 24.3 Å². The Labute approximate surface area is 112 Å². The minimum atomic E-state index is -1.03. The summed E-state index contributed by atoms with van der Waals surface area (Å²) in [6.07, 6.45) is 0.554. The van der Waals surface area contributed by atoms with Crippen molar-refractivity contribution in [3.8, 4) is 5.75 Å². The molecule has 0 amide bonds. The number of rotatable bonds is 6. The summed E-state index contributed by atoms with van der Waals surface area (Å²) in [5.74, 6) is -0.322. The van der Waals surface area contributed by atoms with Crippen LogP contribution in [0.5, 0.6) is 5.75 Å². The smallest absolute Gasteiger partial charge is 0.199 e. The molecule has 4 heteroatoms.